The molecule has 0 aliphatic rings. The van der Waals surface area contributed by atoms with Crippen molar-refractivity contribution in [1.82, 2.24) is 4.98 Å². The molecule has 0 spiro atoms. The predicted octanol–water partition coefficient (Wildman–Crippen LogP) is 4.31. The molecule has 0 aliphatic carbocycles. The lowest BCUT2D eigenvalue weighted by Crippen LogP contribution is -2.09. The number of nitrogens with zero attached hydrogens (tertiary/aromatic N) is 1. The minimum Gasteiger partial charge on any atom is -0.438 e. The molecule has 0 saturated carbocycles. The van der Waals surface area contributed by atoms with Gasteiger partial charge in [0.05, 0.1) is 0 Å². The summed E-state index contributed by atoms with van der Waals surface area (Å²) in [5.41, 5.74) is 6.33. The van der Waals surface area contributed by atoms with E-state index in [-0.39, 0.29) is 0 Å². The summed E-state index contributed by atoms with van der Waals surface area (Å²) < 4.78 is 5.85. The van der Waals surface area contributed by atoms with Gasteiger partial charge >= 0.3 is 0 Å². The Morgan fingerprint density at radius 2 is 1.86 bits per heavy atom. The number of fused-ring (bicyclic) bond motifs is 1. The van der Waals surface area contributed by atoms with Gasteiger partial charge in [-0.2, -0.15) is 0 Å². The molecular formula is C16H11ClN2OS. The van der Waals surface area contributed by atoms with Gasteiger partial charge in [0.1, 0.15) is 10.7 Å². The van der Waals surface area contributed by atoms with Gasteiger partial charge in [-0.3, -0.25) is 0 Å². The zero-order chi connectivity index (χ0) is 14.8. The second-order valence-corrected chi connectivity index (χ2v) is 5.29. The van der Waals surface area contributed by atoms with E-state index in [1.54, 1.807) is 24.4 Å². The Hall–Kier alpha value is -2.17. The molecule has 21 heavy (non-hydrogen) atoms. The highest BCUT2D eigenvalue weighted by Gasteiger charge is 2.08. The highest BCUT2D eigenvalue weighted by Crippen LogP contribution is 2.33. The molecular weight excluding hydrogens is 304 g/mol. The number of hydrogen-bond acceptors (Lipinski definition) is 3. The van der Waals surface area contributed by atoms with E-state index in [0.717, 1.165) is 10.8 Å². The predicted molar refractivity (Wildman–Crippen MR) is 89.2 cm³/mol. The topological polar surface area (TPSA) is 48.1 Å². The maximum absolute atomic E-state index is 6.19. The molecule has 3 rings (SSSR count). The van der Waals surface area contributed by atoms with Crippen molar-refractivity contribution in [1.29, 1.82) is 0 Å². The third-order valence-electron chi connectivity index (χ3n) is 3.06. The largest absolute Gasteiger partial charge is 0.438 e. The molecule has 1 aromatic heterocycles. The first-order chi connectivity index (χ1) is 10.1. The van der Waals surface area contributed by atoms with Gasteiger partial charge in [0.25, 0.3) is 0 Å². The molecule has 2 N–H and O–H groups in total. The van der Waals surface area contributed by atoms with Crippen LogP contribution in [0.5, 0.6) is 11.6 Å². The molecule has 104 valence electrons. The van der Waals surface area contributed by atoms with Gasteiger partial charge in [-0.05, 0) is 18.2 Å². The van der Waals surface area contributed by atoms with Gasteiger partial charge in [0, 0.05) is 33.6 Å². The molecule has 0 bridgehead atoms. The summed E-state index contributed by atoms with van der Waals surface area (Å²) in [5.74, 6) is 1.12. The molecule has 0 amide bonds. The van der Waals surface area contributed by atoms with Crippen molar-refractivity contribution in [2.24, 2.45) is 5.73 Å². The number of pyridine rings is 1. The molecule has 0 unspecified atom stereocenters. The normalized spacial score (nSPS) is 10.5. The van der Waals surface area contributed by atoms with Crippen LogP contribution in [-0.2, 0) is 0 Å². The average molecular weight is 315 g/mol. The van der Waals surface area contributed by atoms with Crippen molar-refractivity contribution in [3.63, 3.8) is 0 Å². The quantitative estimate of drug-likeness (QED) is 0.732. The van der Waals surface area contributed by atoms with Crippen LogP contribution in [0.15, 0.2) is 54.7 Å². The Balaban J connectivity index is 2.04. The fourth-order valence-corrected chi connectivity index (χ4v) is 2.41. The summed E-state index contributed by atoms with van der Waals surface area (Å²) in [6.45, 7) is 0. The van der Waals surface area contributed by atoms with Gasteiger partial charge in [-0.15, -0.1) is 0 Å². The Labute approximate surface area is 132 Å². The summed E-state index contributed by atoms with van der Waals surface area (Å²) in [5, 5.41) is 2.54. The third-order valence-corrected chi connectivity index (χ3v) is 3.63. The Kier molecular flexibility index (Phi) is 3.73. The van der Waals surface area contributed by atoms with Crippen LogP contribution >= 0.6 is 23.8 Å². The summed E-state index contributed by atoms with van der Waals surface area (Å²) in [6, 6.07) is 14.8. The van der Waals surface area contributed by atoms with E-state index < -0.39 is 0 Å². The standard InChI is InChI=1S/C16H11ClN2OS/c17-13-5-6-14(12-4-2-1-3-11(12)13)20-15-9-10(16(18)21)7-8-19-15/h1-9H,(H2,18,21). The van der Waals surface area contributed by atoms with Crippen LogP contribution in [0.1, 0.15) is 5.56 Å². The van der Waals surface area contributed by atoms with Gasteiger partial charge in [0.2, 0.25) is 5.88 Å². The highest BCUT2D eigenvalue weighted by atomic mass is 35.5. The SMILES string of the molecule is NC(=S)c1ccnc(Oc2ccc(Cl)c3ccccc23)c1. The lowest BCUT2D eigenvalue weighted by Gasteiger charge is -2.10. The van der Waals surface area contributed by atoms with Crippen LogP contribution in [0.4, 0.5) is 0 Å². The summed E-state index contributed by atoms with van der Waals surface area (Å²) in [4.78, 5) is 4.48. The van der Waals surface area contributed by atoms with E-state index in [0.29, 0.717) is 27.2 Å². The molecule has 0 radical (unpaired) electrons. The number of hydrogen-bond donors (Lipinski definition) is 1. The van der Waals surface area contributed by atoms with Crippen molar-refractivity contribution in [2.75, 3.05) is 0 Å². The minimum absolute atomic E-state index is 0.309. The molecule has 5 heteroatoms. The monoisotopic (exact) mass is 314 g/mol. The van der Waals surface area contributed by atoms with Crippen molar-refractivity contribution in [2.45, 2.75) is 0 Å². The molecule has 0 atom stereocenters. The van der Waals surface area contributed by atoms with E-state index in [4.69, 9.17) is 34.3 Å². The second kappa shape index (κ2) is 5.68. The molecule has 3 aromatic rings. The number of thiocarbonyl (C=S) groups is 1. The number of rotatable bonds is 3. The van der Waals surface area contributed by atoms with E-state index >= 15 is 0 Å². The van der Waals surface area contributed by atoms with Crippen LogP contribution in [0.3, 0.4) is 0 Å². The van der Waals surface area contributed by atoms with Crippen LogP contribution in [-0.4, -0.2) is 9.97 Å². The van der Waals surface area contributed by atoms with Crippen LogP contribution in [0, 0.1) is 0 Å². The van der Waals surface area contributed by atoms with Crippen molar-refractivity contribution >= 4 is 39.6 Å². The van der Waals surface area contributed by atoms with E-state index in [1.807, 2.05) is 30.3 Å². The van der Waals surface area contributed by atoms with Gasteiger partial charge in [-0.25, -0.2) is 4.98 Å². The maximum Gasteiger partial charge on any atom is 0.219 e. The molecule has 3 nitrogen and oxygen atoms in total. The number of nitrogens with two attached hydrogens (primary N) is 1. The zero-order valence-corrected chi connectivity index (χ0v) is 12.5. The fourth-order valence-electron chi connectivity index (χ4n) is 2.05. The van der Waals surface area contributed by atoms with Gasteiger partial charge < -0.3 is 10.5 Å². The number of halogens is 1. The maximum atomic E-state index is 6.19. The van der Waals surface area contributed by atoms with Gasteiger partial charge in [-0.1, -0.05) is 48.1 Å². The summed E-state index contributed by atoms with van der Waals surface area (Å²) >= 11 is 11.2. The first kappa shape index (κ1) is 13.8. The number of aromatic nitrogens is 1. The van der Waals surface area contributed by atoms with E-state index in [9.17, 15) is 0 Å². The summed E-state index contributed by atoms with van der Waals surface area (Å²) in [7, 11) is 0. The zero-order valence-electron chi connectivity index (χ0n) is 10.9. The average Bonchev–Trinajstić information content (AvgIpc) is 2.51. The van der Waals surface area contributed by atoms with Crippen molar-refractivity contribution in [3.05, 3.63) is 65.3 Å². The van der Waals surface area contributed by atoms with Crippen LogP contribution < -0.4 is 10.5 Å². The first-order valence-electron chi connectivity index (χ1n) is 6.26. The Bertz CT molecular complexity index is 835. The number of ether oxygens (including phenoxy) is 1. The van der Waals surface area contributed by atoms with Gasteiger partial charge in [0.15, 0.2) is 0 Å². The minimum atomic E-state index is 0.309. The second-order valence-electron chi connectivity index (χ2n) is 4.44. The smallest absolute Gasteiger partial charge is 0.219 e. The van der Waals surface area contributed by atoms with Crippen LogP contribution in [0.25, 0.3) is 10.8 Å². The van der Waals surface area contributed by atoms with E-state index in [1.165, 1.54) is 0 Å². The van der Waals surface area contributed by atoms with E-state index in [2.05, 4.69) is 4.98 Å². The molecule has 0 aliphatic heterocycles. The van der Waals surface area contributed by atoms with Crippen LogP contribution in [0.2, 0.25) is 5.02 Å². The first-order valence-corrected chi connectivity index (χ1v) is 7.05. The van der Waals surface area contributed by atoms with Crippen molar-refractivity contribution in [3.8, 4) is 11.6 Å². The lowest BCUT2D eigenvalue weighted by molar-refractivity contribution is 0.468. The molecule has 2 aromatic carbocycles. The Morgan fingerprint density at radius 1 is 1.10 bits per heavy atom. The fraction of sp³-hybridized carbons (Fsp3) is 0. The lowest BCUT2D eigenvalue weighted by atomic mass is 10.1. The highest BCUT2D eigenvalue weighted by molar-refractivity contribution is 7.80. The number of benzene rings is 2. The Morgan fingerprint density at radius 3 is 2.62 bits per heavy atom. The molecule has 0 saturated heterocycles. The molecule has 1 heterocycles. The third kappa shape index (κ3) is 2.82. The summed E-state index contributed by atoms with van der Waals surface area (Å²) in [6.07, 6.45) is 1.61. The molecule has 0 fully saturated rings. The van der Waals surface area contributed by atoms with Crippen molar-refractivity contribution < 1.29 is 4.74 Å².